The molecule has 1 amide bonds. The molecule has 2 unspecified atom stereocenters. The number of amides is 1. The van der Waals surface area contributed by atoms with Crippen molar-refractivity contribution in [3.05, 3.63) is 22.4 Å². The van der Waals surface area contributed by atoms with E-state index in [-0.39, 0.29) is 30.4 Å². The van der Waals surface area contributed by atoms with Gasteiger partial charge >= 0.3 is 0 Å². The van der Waals surface area contributed by atoms with E-state index in [1.807, 2.05) is 0 Å². The van der Waals surface area contributed by atoms with Gasteiger partial charge < -0.3 is 11.1 Å². The number of halogens is 1. The molecule has 4 nitrogen and oxygen atoms in total. The average molecular weight is 360 g/mol. The van der Waals surface area contributed by atoms with Gasteiger partial charge in [0.05, 0.1) is 12.1 Å². The zero-order chi connectivity index (χ0) is 15.9. The van der Waals surface area contributed by atoms with Gasteiger partial charge in [0.15, 0.2) is 0 Å². The topological polar surface area (TPSA) is 58.4 Å². The fourth-order valence-corrected chi connectivity index (χ4v) is 3.86. The SMILES string of the molecule is CCCC(N)C(=O)NCC(c1cccs1)N1CCC(C)CC1.Cl. The maximum absolute atomic E-state index is 12.1. The zero-order valence-corrected chi connectivity index (χ0v) is 15.8. The van der Waals surface area contributed by atoms with Crippen molar-refractivity contribution in [1.29, 1.82) is 0 Å². The first kappa shape index (κ1) is 20.4. The van der Waals surface area contributed by atoms with Gasteiger partial charge in [0.1, 0.15) is 0 Å². The van der Waals surface area contributed by atoms with E-state index in [1.165, 1.54) is 17.7 Å². The number of hydrogen-bond donors (Lipinski definition) is 2. The summed E-state index contributed by atoms with van der Waals surface area (Å²) in [5, 5.41) is 5.18. The molecule has 0 aromatic carbocycles. The molecule has 3 N–H and O–H groups in total. The van der Waals surface area contributed by atoms with Crippen LogP contribution >= 0.6 is 23.7 Å². The molecule has 1 saturated heterocycles. The Kier molecular flexibility index (Phi) is 9.14. The number of likely N-dealkylation sites (tertiary alicyclic amines) is 1. The molecule has 1 aromatic rings. The van der Waals surface area contributed by atoms with E-state index in [4.69, 9.17) is 5.73 Å². The third-order valence-corrected chi connectivity index (χ3v) is 5.51. The number of thiophene rings is 1. The third-order valence-electron chi connectivity index (χ3n) is 4.54. The molecule has 0 bridgehead atoms. The van der Waals surface area contributed by atoms with Gasteiger partial charge in [-0.05, 0) is 49.7 Å². The van der Waals surface area contributed by atoms with Crippen molar-refractivity contribution in [3.63, 3.8) is 0 Å². The van der Waals surface area contributed by atoms with Crippen LogP contribution in [0.2, 0.25) is 0 Å². The third kappa shape index (κ3) is 6.07. The maximum atomic E-state index is 12.1. The van der Waals surface area contributed by atoms with Crippen molar-refractivity contribution in [2.45, 2.75) is 51.6 Å². The summed E-state index contributed by atoms with van der Waals surface area (Å²) in [6, 6.07) is 4.16. The van der Waals surface area contributed by atoms with Crippen LogP contribution in [0, 0.1) is 5.92 Å². The summed E-state index contributed by atoms with van der Waals surface area (Å²) >= 11 is 1.77. The normalized spacial score (nSPS) is 18.9. The van der Waals surface area contributed by atoms with Crippen LogP contribution in [0.4, 0.5) is 0 Å². The lowest BCUT2D eigenvalue weighted by atomic mass is 9.97. The molecule has 1 aromatic heterocycles. The average Bonchev–Trinajstić information content (AvgIpc) is 3.03. The second-order valence-corrected chi connectivity index (χ2v) is 7.37. The number of nitrogens with two attached hydrogens (primary N) is 1. The summed E-state index contributed by atoms with van der Waals surface area (Å²) in [7, 11) is 0. The van der Waals surface area contributed by atoms with Gasteiger partial charge in [-0.25, -0.2) is 0 Å². The first-order valence-corrected chi connectivity index (χ1v) is 9.30. The quantitative estimate of drug-likeness (QED) is 0.786. The number of nitrogens with one attached hydrogen (secondary N) is 1. The Morgan fingerprint density at radius 1 is 1.48 bits per heavy atom. The summed E-state index contributed by atoms with van der Waals surface area (Å²) < 4.78 is 0. The van der Waals surface area contributed by atoms with Gasteiger partial charge in [-0.2, -0.15) is 0 Å². The molecule has 2 atom stereocenters. The summed E-state index contributed by atoms with van der Waals surface area (Å²) in [4.78, 5) is 15.9. The molecule has 23 heavy (non-hydrogen) atoms. The maximum Gasteiger partial charge on any atom is 0.236 e. The molecular weight excluding hydrogens is 330 g/mol. The summed E-state index contributed by atoms with van der Waals surface area (Å²) in [5.41, 5.74) is 5.91. The molecular formula is C17H30ClN3OS. The molecule has 2 rings (SSSR count). The van der Waals surface area contributed by atoms with Crippen LogP contribution in [0.3, 0.4) is 0 Å². The highest BCUT2D eigenvalue weighted by Crippen LogP contribution is 2.29. The molecule has 132 valence electrons. The van der Waals surface area contributed by atoms with Crippen LogP contribution in [-0.2, 0) is 4.79 Å². The number of hydrogen-bond acceptors (Lipinski definition) is 4. The largest absolute Gasteiger partial charge is 0.353 e. The second kappa shape index (κ2) is 10.3. The van der Waals surface area contributed by atoms with E-state index < -0.39 is 0 Å². The summed E-state index contributed by atoms with van der Waals surface area (Å²) in [6.07, 6.45) is 4.17. The molecule has 0 saturated carbocycles. The Hall–Kier alpha value is -0.620. The van der Waals surface area contributed by atoms with Gasteiger partial charge in [0.2, 0.25) is 5.91 Å². The number of carbonyl (C=O) groups excluding carboxylic acids is 1. The highest BCUT2D eigenvalue weighted by Gasteiger charge is 2.26. The predicted molar refractivity (Wildman–Crippen MR) is 100 cm³/mol. The minimum absolute atomic E-state index is 0. The van der Waals surface area contributed by atoms with Crippen molar-refractivity contribution in [1.82, 2.24) is 10.2 Å². The van der Waals surface area contributed by atoms with Gasteiger partial charge in [-0.15, -0.1) is 23.7 Å². The molecule has 0 aliphatic carbocycles. The fraction of sp³-hybridized carbons (Fsp3) is 0.706. The molecule has 0 spiro atoms. The van der Waals surface area contributed by atoms with Gasteiger partial charge in [-0.1, -0.05) is 26.3 Å². The second-order valence-electron chi connectivity index (χ2n) is 6.39. The Morgan fingerprint density at radius 3 is 2.74 bits per heavy atom. The van der Waals surface area contributed by atoms with Crippen molar-refractivity contribution < 1.29 is 4.79 Å². The molecule has 6 heteroatoms. The van der Waals surface area contributed by atoms with Crippen molar-refractivity contribution in [2.24, 2.45) is 11.7 Å². The van der Waals surface area contributed by atoms with E-state index in [0.29, 0.717) is 6.54 Å². The smallest absolute Gasteiger partial charge is 0.236 e. The first-order valence-electron chi connectivity index (χ1n) is 8.42. The van der Waals surface area contributed by atoms with Gasteiger partial charge in [0.25, 0.3) is 0 Å². The number of carbonyl (C=O) groups is 1. The lowest BCUT2D eigenvalue weighted by molar-refractivity contribution is -0.122. The highest BCUT2D eigenvalue weighted by molar-refractivity contribution is 7.10. The Bertz CT molecular complexity index is 447. The Balaban J connectivity index is 0.00000264. The number of nitrogens with zero attached hydrogens (tertiary/aromatic N) is 1. The van der Waals surface area contributed by atoms with Crippen molar-refractivity contribution in [2.75, 3.05) is 19.6 Å². The minimum Gasteiger partial charge on any atom is -0.353 e. The molecule has 1 aliphatic heterocycles. The van der Waals surface area contributed by atoms with Crippen LogP contribution in [0.15, 0.2) is 17.5 Å². The molecule has 1 fully saturated rings. The molecule has 2 heterocycles. The zero-order valence-electron chi connectivity index (χ0n) is 14.2. The van der Waals surface area contributed by atoms with Gasteiger partial charge in [0, 0.05) is 11.4 Å². The van der Waals surface area contributed by atoms with Crippen LogP contribution < -0.4 is 11.1 Å². The van der Waals surface area contributed by atoms with Crippen molar-refractivity contribution in [3.8, 4) is 0 Å². The van der Waals surface area contributed by atoms with Crippen LogP contribution in [0.5, 0.6) is 0 Å². The minimum atomic E-state index is -0.379. The van der Waals surface area contributed by atoms with E-state index in [9.17, 15) is 4.79 Å². The number of piperidine rings is 1. The van der Waals surface area contributed by atoms with E-state index >= 15 is 0 Å². The van der Waals surface area contributed by atoms with Crippen LogP contribution in [0.1, 0.15) is 50.4 Å². The first-order chi connectivity index (χ1) is 10.6. The van der Waals surface area contributed by atoms with E-state index in [1.54, 1.807) is 11.3 Å². The Morgan fingerprint density at radius 2 is 2.17 bits per heavy atom. The van der Waals surface area contributed by atoms with E-state index in [0.717, 1.165) is 31.8 Å². The standard InChI is InChI=1S/C17H29N3OS.ClH/c1-3-5-14(18)17(21)19-12-15(16-6-4-11-22-16)20-9-7-13(2)8-10-20;/h4,6,11,13-15H,3,5,7-10,12,18H2,1-2H3,(H,19,21);1H. The predicted octanol–water partition coefficient (Wildman–Crippen LogP) is 3.19. The summed E-state index contributed by atoms with van der Waals surface area (Å²) in [5.74, 6) is 0.793. The lowest BCUT2D eigenvalue weighted by Crippen LogP contribution is -2.46. The van der Waals surface area contributed by atoms with Crippen LogP contribution in [0.25, 0.3) is 0 Å². The number of rotatable bonds is 7. The molecule has 1 aliphatic rings. The van der Waals surface area contributed by atoms with Gasteiger partial charge in [-0.3, -0.25) is 9.69 Å². The Labute approximate surface area is 150 Å². The van der Waals surface area contributed by atoms with Crippen molar-refractivity contribution >= 4 is 29.7 Å². The van der Waals surface area contributed by atoms with Crippen LogP contribution in [-0.4, -0.2) is 36.5 Å². The summed E-state index contributed by atoms with van der Waals surface area (Å²) in [6.45, 7) is 7.26. The molecule has 0 radical (unpaired) electrons. The monoisotopic (exact) mass is 359 g/mol. The highest BCUT2D eigenvalue weighted by atomic mass is 35.5. The fourth-order valence-electron chi connectivity index (χ4n) is 3.00. The lowest BCUT2D eigenvalue weighted by Gasteiger charge is -2.36. The van der Waals surface area contributed by atoms with E-state index in [2.05, 4.69) is 41.6 Å².